The Morgan fingerprint density at radius 3 is 2.77 bits per heavy atom. The minimum Gasteiger partial charge on any atom is -0.390 e. The van der Waals surface area contributed by atoms with Crippen molar-refractivity contribution in [1.82, 2.24) is 35.0 Å². The molecule has 11 nitrogen and oxygen atoms in total. The maximum Gasteiger partial charge on any atom is 0.225 e. The van der Waals surface area contributed by atoms with Crippen LogP contribution in [0.1, 0.15) is 24.0 Å². The zero-order valence-electron chi connectivity index (χ0n) is 16.3. The second kappa shape index (κ2) is 8.02. The molecule has 0 saturated heterocycles. The fraction of sp³-hybridized carbons (Fsp3) is 0.368. The van der Waals surface area contributed by atoms with Crippen LogP contribution in [0.4, 0.5) is 5.82 Å². The highest BCUT2D eigenvalue weighted by molar-refractivity contribution is 5.83. The van der Waals surface area contributed by atoms with Crippen LogP contribution in [0.15, 0.2) is 24.7 Å². The zero-order valence-corrected chi connectivity index (χ0v) is 16.3. The van der Waals surface area contributed by atoms with Crippen molar-refractivity contribution in [2.75, 3.05) is 19.4 Å². The number of anilines is 1. The molecule has 3 aromatic rings. The standard InChI is InChI=1S/C19H20N8O3/c1-20-17-14-18(25-13(24-17)6-5-10-4-3-7-23-26-10)27(9-22-14)12-8-11(19(30)21-2)15(28)16(12)29/h3-4,7,9,11-12,15-16,28-29H,8H2,1-2H3,(H,21,30)(H,20,24,25)/t11-,12+,15+,16-/m0/s1. The minimum absolute atomic E-state index is 0.232. The van der Waals surface area contributed by atoms with E-state index in [1.165, 1.54) is 13.4 Å². The van der Waals surface area contributed by atoms with Crippen molar-refractivity contribution in [1.29, 1.82) is 0 Å². The van der Waals surface area contributed by atoms with E-state index in [1.54, 1.807) is 29.9 Å². The number of hydrogen-bond acceptors (Lipinski definition) is 9. The molecule has 4 atom stereocenters. The Kier molecular flexibility index (Phi) is 5.26. The molecule has 0 spiro atoms. The second-order valence-corrected chi connectivity index (χ2v) is 6.83. The van der Waals surface area contributed by atoms with Gasteiger partial charge in [0.1, 0.15) is 11.8 Å². The molecule has 154 valence electrons. The fourth-order valence-corrected chi connectivity index (χ4v) is 3.61. The summed E-state index contributed by atoms with van der Waals surface area (Å²) < 4.78 is 1.65. The van der Waals surface area contributed by atoms with Crippen LogP contribution in [0, 0.1) is 17.8 Å². The number of imidazole rings is 1. The summed E-state index contributed by atoms with van der Waals surface area (Å²) in [6, 6.07) is 2.87. The number of carbonyl (C=O) groups excluding carboxylic acids is 1. The third-order valence-corrected chi connectivity index (χ3v) is 5.13. The minimum atomic E-state index is -1.19. The first-order chi connectivity index (χ1) is 14.5. The highest BCUT2D eigenvalue weighted by Gasteiger charge is 2.46. The quantitative estimate of drug-likeness (QED) is 0.404. The van der Waals surface area contributed by atoms with Gasteiger partial charge in [0.15, 0.2) is 17.0 Å². The summed E-state index contributed by atoms with van der Waals surface area (Å²) in [5, 5.41) is 34.1. The van der Waals surface area contributed by atoms with Crippen LogP contribution in [-0.4, -0.2) is 72.1 Å². The molecule has 1 amide bonds. The van der Waals surface area contributed by atoms with E-state index in [0.29, 0.717) is 22.7 Å². The van der Waals surface area contributed by atoms with Gasteiger partial charge < -0.3 is 25.4 Å². The summed E-state index contributed by atoms with van der Waals surface area (Å²) in [5.41, 5.74) is 1.41. The Bertz CT molecular complexity index is 1140. The lowest BCUT2D eigenvalue weighted by Crippen LogP contribution is -2.36. The average Bonchev–Trinajstić information content (AvgIpc) is 3.33. The smallest absolute Gasteiger partial charge is 0.225 e. The van der Waals surface area contributed by atoms with E-state index in [9.17, 15) is 15.0 Å². The molecule has 1 saturated carbocycles. The van der Waals surface area contributed by atoms with Crippen molar-refractivity contribution < 1.29 is 15.0 Å². The van der Waals surface area contributed by atoms with E-state index in [2.05, 4.69) is 47.6 Å². The molecule has 0 aliphatic heterocycles. The molecule has 4 N–H and O–H groups in total. The summed E-state index contributed by atoms with van der Waals surface area (Å²) >= 11 is 0. The van der Waals surface area contributed by atoms with Crippen LogP contribution in [0.5, 0.6) is 0 Å². The highest BCUT2D eigenvalue weighted by Crippen LogP contribution is 2.37. The van der Waals surface area contributed by atoms with Crippen LogP contribution >= 0.6 is 0 Å². The van der Waals surface area contributed by atoms with Gasteiger partial charge in [-0.15, -0.1) is 5.10 Å². The molecule has 30 heavy (non-hydrogen) atoms. The molecule has 0 aromatic carbocycles. The van der Waals surface area contributed by atoms with Gasteiger partial charge >= 0.3 is 0 Å². The number of nitrogens with zero attached hydrogens (tertiary/aromatic N) is 6. The van der Waals surface area contributed by atoms with Crippen LogP contribution < -0.4 is 10.6 Å². The lowest BCUT2D eigenvalue weighted by atomic mass is 10.1. The van der Waals surface area contributed by atoms with Crippen molar-refractivity contribution in [3.05, 3.63) is 36.2 Å². The van der Waals surface area contributed by atoms with Crippen molar-refractivity contribution in [3.8, 4) is 11.8 Å². The van der Waals surface area contributed by atoms with Crippen LogP contribution in [0.25, 0.3) is 11.2 Å². The summed E-state index contributed by atoms with van der Waals surface area (Å²) in [7, 11) is 3.20. The van der Waals surface area contributed by atoms with Crippen LogP contribution in [0.3, 0.4) is 0 Å². The first kappa shape index (κ1) is 19.7. The molecule has 4 rings (SSSR count). The van der Waals surface area contributed by atoms with Crippen LogP contribution in [0.2, 0.25) is 0 Å². The number of carbonyl (C=O) groups is 1. The van der Waals surface area contributed by atoms with Gasteiger partial charge in [0.2, 0.25) is 11.7 Å². The highest BCUT2D eigenvalue weighted by atomic mass is 16.3. The van der Waals surface area contributed by atoms with E-state index in [0.717, 1.165) is 0 Å². The molecule has 0 radical (unpaired) electrons. The molecular formula is C19H20N8O3. The van der Waals surface area contributed by atoms with E-state index < -0.39 is 24.2 Å². The third-order valence-electron chi connectivity index (χ3n) is 5.13. The Labute approximate surface area is 171 Å². The van der Waals surface area contributed by atoms with E-state index in [-0.39, 0.29) is 18.2 Å². The number of aliphatic hydroxyl groups excluding tert-OH is 2. The Morgan fingerprint density at radius 2 is 2.07 bits per heavy atom. The molecule has 3 aromatic heterocycles. The fourth-order valence-electron chi connectivity index (χ4n) is 3.61. The third kappa shape index (κ3) is 3.42. The van der Waals surface area contributed by atoms with E-state index in [1.807, 2.05) is 0 Å². The topological polar surface area (TPSA) is 151 Å². The van der Waals surface area contributed by atoms with Gasteiger partial charge in [-0.1, -0.05) is 0 Å². The van der Waals surface area contributed by atoms with E-state index in [4.69, 9.17) is 0 Å². The first-order valence-electron chi connectivity index (χ1n) is 9.33. The van der Waals surface area contributed by atoms with Gasteiger partial charge in [-0.05, 0) is 30.4 Å². The van der Waals surface area contributed by atoms with Gasteiger partial charge in [0.25, 0.3) is 0 Å². The predicted octanol–water partition coefficient (Wildman–Crippen LogP) is -0.913. The largest absolute Gasteiger partial charge is 0.390 e. The summed E-state index contributed by atoms with van der Waals surface area (Å²) in [6.07, 6.45) is 0.985. The second-order valence-electron chi connectivity index (χ2n) is 6.83. The van der Waals surface area contributed by atoms with Crippen molar-refractivity contribution in [3.63, 3.8) is 0 Å². The summed E-state index contributed by atoms with van der Waals surface area (Å²) in [5.74, 6) is 5.36. The lowest BCUT2D eigenvalue weighted by molar-refractivity contribution is -0.128. The molecular weight excluding hydrogens is 388 g/mol. The molecule has 1 fully saturated rings. The zero-order chi connectivity index (χ0) is 21.3. The molecule has 11 heteroatoms. The predicted molar refractivity (Wildman–Crippen MR) is 106 cm³/mol. The number of aromatic nitrogens is 6. The van der Waals surface area contributed by atoms with Crippen molar-refractivity contribution >= 4 is 22.9 Å². The van der Waals surface area contributed by atoms with E-state index >= 15 is 0 Å². The number of nitrogens with one attached hydrogen (secondary N) is 2. The molecule has 1 aliphatic carbocycles. The molecule has 1 aliphatic rings. The molecule has 0 bridgehead atoms. The maximum absolute atomic E-state index is 12.1. The van der Waals surface area contributed by atoms with Gasteiger partial charge in [-0.3, -0.25) is 4.79 Å². The Balaban J connectivity index is 1.75. The van der Waals surface area contributed by atoms with Gasteiger partial charge in [0.05, 0.1) is 24.4 Å². The number of fused-ring (bicyclic) bond motifs is 1. The summed E-state index contributed by atoms with van der Waals surface area (Å²) in [6.45, 7) is 0. The lowest BCUT2D eigenvalue weighted by Gasteiger charge is -2.18. The van der Waals surface area contributed by atoms with Gasteiger partial charge in [-0.2, -0.15) is 5.10 Å². The maximum atomic E-state index is 12.1. The monoisotopic (exact) mass is 408 g/mol. The Morgan fingerprint density at radius 1 is 1.23 bits per heavy atom. The number of aliphatic hydroxyl groups is 2. The normalized spacial score (nSPS) is 23.1. The first-order valence-corrected chi connectivity index (χ1v) is 9.33. The number of amides is 1. The average molecular weight is 408 g/mol. The number of hydrogen-bond donors (Lipinski definition) is 4. The van der Waals surface area contributed by atoms with Gasteiger partial charge in [0, 0.05) is 20.3 Å². The number of rotatable bonds is 3. The summed E-state index contributed by atoms with van der Waals surface area (Å²) in [4.78, 5) is 25.3. The molecule has 0 unspecified atom stereocenters. The van der Waals surface area contributed by atoms with Crippen LogP contribution in [-0.2, 0) is 4.79 Å². The SMILES string of the molecule is CNC(=O)[C@H]1C[C@@H](n2cnc3c(NC)nc(C#Cc4cccnn4)nc32)[C@H](O)[C@@H]1O. The van der Waals surface area contributed by atoms with Crippen molar-refractivity contribution in [2.24, 2.45) is 5.92 Å². The van der Waals surface area contributed by atoms with Gasteiger partial charge in [-0.25, -0.2) is 15.0 Å². The van der Waals surface area contributed by atoms with Crippen molar-refractivity contribution in [2.45, 2.75) is 24.7 Å². The Hall–Kier alpha value is -3.62. The molecule has 3 heterocycles.